The number of carbonyl (C=O) groups is 2. The monoisotopic (exact) mass is 348 g/mol. The quantitative estimate of drug-likeness (QED) is 0.481. The fourth-order valence-corrected chi connectivity index (χ4v) is 3.92. The van der Waals surface area contributed by atoms with E-state index >= 15 is 0 Å². The molecule has 0 radical (unpaired) electrons. The fraction of sp³-hybridized carbons (Fsp3) is 0.529. The molecule has 0 spiro atoms. The van der Waals surface area contributed by atoms with Gasteiger partial charge in [-0.1, -0.05) is 12.1 Å². The number of hydrogen-bond acceptors (Lipinski definition) is 5. The number of nitrogens with one attached hydrogen (secondary N) is 1. The van der Waals surface area contributed by atoms with Crippen molar-refractivity contribution in [2.45, 2.75) is 57.7 Å². The summed E-state index contributed by atoms with van der Waals surface area (Å²) in [5, 5.41) is 13.4. The van der Waals surface area contributed by atoms with E-state index in [0.29, 0.717) is 12.8 Å². The van der Waals surface area contributed by atoms with Crippen LogP contribution < -0.4 is 11.1 Å². The van der Waals surface area contributed by atoms with Gasteiger partial charge in [0.2, 0.25) is 0 Å². The third-order valence-electron chi connectivity index (χ3n) is 4.48. The normalized spacial score (nSPS) is 19.3. The Balaban J connectivity index is 2.28. The molecule has 0 saturated carbocycles. The molecule has 1 aromatic carbocycles. The summed E-state index contributed by atoms with van der Waals surface area (Å²) in [6.07, 6.45) is 1.14. The lowest BCUT2D eigenvalue weighted by Crippen LogP contribution is -2.66. The van der Waals surface area contributed by atoms with Crippen molar-refractivity contribution in [3.8, 4) is 0 Å². The van der Waals surface area contributed by atoms with Crippen molar-refractivity contribution >= 4 is 23.2 Å². The third kappa shape index (κ3) is 3.79. The minimum absolute atomic E-state index is 0.00447. The van der Waals surface area contributed by atoms with Crippen molar-refractivity contribution in [2.75, 3.05) is 5.32 Å². The number of hydrogen-bond donors (Lipinski definition) is 2. The molecule has 1 fully saturated rings. The SMILES string of the molecule is CC1(C)CC(N)CC(C)(C)N1C(=O)C(=O)Nc1ccccc1[N+](=O)[O-]. The molecule has 0 unspecified atom stereocenters. The number of nitro groups is 1. The molecular weight excluding hydrogens is 324 g/mol. The highest BCUT2D eigenvalue weighted by molar-refractivity contribution is 6.40. The number of carbonyl (C=O) groups excluding carboxylic acids is 2. The maximum Gasteiger partial charge on any atom is 0.314 e. The van der Waals surface area contributed by atoms with E-state index in [9.17, 15) is 19.7 Å². The number of piperidine rings is 1. The molecule has 136 valence electrons. The smallest absolute Gasteiger partial charge is 0.314 e. The second-order valence-electron chi connectivity index (χ2n) is 7.66. The molecule has 2 rings (SSSR count). The van der Waals surface area contributed by atoms with Gasteiger partial charge in [-0.3, -0.25) is 19.7 Å². The van der Waals surface area contributed by atoms with E-state index in [1.54, 1.807) is 6.07 Å². The van der Waals surface area contributed by atoms with Crippen LogP contribution in [0.3, 0.4) is 0 Å². The Bertz CT molecular complexity index is 696. The van der Waals surface area contributed by atoms with Crippen molar-refractivity contribution in [1.29, 1.82) is 0 Å². The number of para-hydroxylation sites is 2. The maximum absolute atomic E-state index is 12.8. The highest BCUT2D eigenvalue weighted by Crippen LogP contribution is 2.38. The number of nitro benzene ring substituents is 1. The van der Waals surface area contributed by atoms with E-state index < -0.39 is 27.8 Å². The van der Waals surface area contributed by atoms with Gasteiger partial charge in [-0.2, -0.15) is 0 Å². The lowest BCUT2D eigenvalue weighted by Gasteiger charge is -2.54. The van der Waals surface area contributed by atoms with Crippen molar-refractivity contribution in [1.82, 2.24) is 4.90 Å². The molecule has 8 nitrogen and oxygen atoms in total. The van der Waals surface area contributed by atoms with Gasteiger partial charge in [-0.15, -0.1) is 0 Å². The molecule has 1 aromatic rings. The highest BCUT2D eigenvalue weighted by Gasteiger charge is 2.48. The zero-order valence-electron chi connectivity index (χ0n) is 14.9. The molecule has 0 bridgehead atoms. The van der Waals surface area contributed by atoms with E-state index in [2.05, 4.69) is 5.32 Å². The van der Waals surface area contributed by atoms with E-state index in [0.717, 1.165) is 0 Å². The predicted molar refractivity (Wildman–Crippen MR) is 93.9 cm³/mol. The van der Waals surface area contributed by atoms with Crippen LogP contribution in [0.5, 0.6) is 0 Å². The molecule has 2 amide bonds. The zero-order valence-corrected chi connectivity index (χ0v) is 14.9. The second-order valence-corrected chi connectivity index (χ2v) is 7.66. The first-order valence-corrected chi connectivity index (χ1v) is 8.10. The van der Waals surface area contributed by atoms with Gasteiger partial charge in [0.1, 0.15) is 5.69 Å². The van der Waals surface area contributed by atoms with Gasteiger partial charge in [-0.05, 0) is 46.6 Å². The first-order valence-electron chi connectivity index (χ1n) is 8.10. The van der Waals surface area contributed by atoms with Crippen LogP contribution in [0.2, 0.25) is 0 Å². The molecule has 3 N–H and O–H groups in total. The van der Waals surface area contributed by atoms with Crippen molar-refractivity contribution in [3.05, 3.63) is 34.4 Å². The topological polar surface area (TPSA) is 119 Å². The van der Waals surface area contributed by atoms with E-state index in [1.165, 1.54) is 23.1 Å². The number of rotatable bonds is 2. The van der Waals surface area contributed by atoms with Crippen LogP contribution in [-0.4, -0.2) is 38.8 Å². The molecular formula is C17H24N4O4. The first-order chi connectivity index (χ1) is 11.5. The molecule has 1 aliphatic heterocycles. The summed E-state index contributed by atoms with van der Waals surface area (Å²) in [5.41, 5.74) is 4.62. The van der Waals surface area contributed by atoms with E-state index in [1.807, 2.05) is 27.7 Å². The van der Waals surface area contributed by atoms with Gasteiger partial charge < -0.3 is 16.0 Å². The van der Waals surface area contributed by atoms with Crippen LogP contribution in [0.25, 0.3) is 0 Å². The Morgan fingerprint density at radius 3 is 2.24 bits per heavy atom. The van der Waals surface area contributed by atoms with Crippen molar-refractivity contribution < 1.29 is 14.5 Å². The summed E-state index contributed by atoms with van der Waals surface area (Å²) in [4.78, 5) is 37.3. The second kappa shape index (κ2) is 6.44. The summed E-state index contributed by atoms with van der Waals surface area (Å²) in [5.74, 6) is -1.62. The van der Waals surface area contributed by atoms with E-state index in [4.69, 9.17) is 5.73 Å². The van der Waals surface area contributed by atoms with Gasteiger partial charge in [0.15, 0.2) is 0 Å². The Hall–Kier alpha value is -2.48. The first kappa shape index (κ1) is 18.9. The van der Waals surface area contributed by atoms with Gasteiger partial charge >= 0.3 is 11.8 Å². The third-order valence-corrected chi connectivity index (χ3v) is 4.48. The molecule has 0 aliphatic carbocycles. The van der Waals surface area contributed by atoms with Crippen LogP contribution in [0.4, 0.5) is 11.4 Å². The van der Waals surface area contributed by atoms with Crippen LogP contribution in [-0.2, 0) is 9.59 Å². The Morgan fingerprint density at radius 2 is 1.72 bits per heavy atom. The zero-order chi connectivity index (χ0) is 19.0. The average Bonchev–Trinajstić information content (AvgIpc) is 2.44. The number of likely N-dealkylation sites (tertiary alicyclic amines) is 1. The summed E-state index contributed by atoms with van der Waals surface area (Å²) in [6.45, 7) is 7.46. The van der Waals surface area contributed by atoms with Crippen LogP contribution in [0, 0.1) is 10.1 Å². The van der Waals surface area contributed by atoms with Gasteiger partial charge in [-0.25, -0.2) is 0 Å². The minimum atomic E-state index is -0.897. The molecule has 25 heavy (non-hydrogen) atoms. The Labute approximate surface area is 146 Å². The lowest BCUT2D eigenvalue weighted by molar-refractivity contribution is -0.383. The van der Waals surface area contributed by atoms with Crippen molar-refractivity contribution in [2.24, 2.45) is 5.73 Å². The predicted octanol–water partition coefficient (Wildman–Crippen LogP) is 2.04. The molecule has 1 heterocycles. The summed E-state index contributed by atoms with van der Waals surface area (Å²) >= 11 is 0. The molecule has 0 atom stereocenters. The number of nitrogens with zero attached hydrogens (tertiary/aromatic N) is 2. The fourth-order valence-electron chi connectivity index (χ4n) is 3.92. The van der Waals surface area contributed by atoms with Gasteiger partial charge in [0.05, 0.1) is 4.92 Å². The van der Waals surface area contributed by atoms with Crippen LogP contribution >= 0.6 is 0 Å². The Kier molecular flexibility index (Phi) is 4.85. The minimum Gasteiger partial charge on any atom is -0.328 e. The largest absolute Gasteiger partial charge is 0.328 e. The number of anilines is 1. The summed E-state index contributed by atoms with van der Waals surface area (Å²) in [7, 11) is 0. The summed E-state index contributed by atoms with van der Waals surface area (Å²) in [6, 6.07) is 5.65. The van der Waals surface area contributed by atoms with Gasteiger partial charge in [0.25, 0.3) is 5.69 Å². The number of nitrogens with two attached hydrogens (primary N) is 1. The highest BCUT2D eigenvalue weighted by atomic mass is 16.6. The number of benzene rings is 1. The standard InChI is InChI=1S/C17H24N4O4/c1-16(2)9-11(18)10-17(3,4)20(16)15(23)14(22)19-12-7-5-6-8-13(12)21(24)25/h5-8,11H,9-10,18H2,1-4H3,(H,19,22). The summed E-state index contributed by atoms with van der Waals surface area (Å²) < 4.78 is 0. The molecule has 8 heteroatoms. The lowest BCUT2D eigenvalue weighted by atomic mass is 9.77. The van der Waals surface area contributed by atoms with Crippen LogP contribution in [0.15, 0.2) is 24.3 Å². The Morgan fingerprint density at radius 1 is 1.20 bits per heavy atom. The van der Waals surface area contributed by atoms with Crippen molar-refractivity contribution in [3.63, 3.8) is 0 Å². The molecule has 1 saturated heterocycles. The average molecular weight is 348 g/mol. The number of amides is 2. The maximum atomic E-state index is 12.8. The van der Waals surface area contributed by atoms with Gasteiger partial charge in [0, 0.05) is 23.2 Å². The molecule has 1 aliphatic rings. The van der Waals surface area contributed by atoms with Crippen LogP contribution in [0.1, 0.15) is 40.5 Å². The van der Waals surface area contributed by atoms with E-state index in [-0.39, 0.29) is 17.4 Å². The molecule has 0 aromatic heterocycles.